The standard InChI is InChI=1S/C17H27N3O.2ClH/c1-14(13-20-10-6-3-7-11-20)19-17(21)16(12-18)15-8-4-2-5-9-15;;/h2,4-5,8-9,14,16H,3,6-7,10-13,18H2,1H3,(H,19,21);2*1H. The van der Waals surface area contributed by atoms with Crippen molar-refractivity contribution in [2.75, 3.05) is 26.2 Å². The van der Waals surface area contributed by atoms with Crippen molar-refractivity contribution >= 4 is 30.7 Å². The highest BCUT2D eigenvalue weighted by Crippen LogP contribution is 2.15. The quantitative estimate of drug-likeness (QED) is 0.818. The van der Waals surface area contributed by atoms with E-state index in [9.17, 15) is 4.79 Å². The zero-order valence-corrected chi connectivity index (χ0v) is 15.4. The molecule has 0 bridgehead atoms. The molecule has 0 saturated carbocycles. The Morgan fingerprint density at radius 2 is 1.78 bits per heavy atom. The Morgan fingerprint density at radius 1 is 1.17 bits per heavy atom. The lowest BCUT2D eigenvalue weighted by Gasteiger charge is -2.30. The molecule has 1 aliphatic rings. The molecule has 2 atom stereocenters. The molecule has 0 aliphatic carbocycles. The molecular weight excluding hydrogens is 333 g/mol. The minimum Gasteiger partial charge on any atom is -0.352 e. The van der Waals surface area contributed by atoms with Crippen molar-refractivity contribution in [2.24, 2.45) is 5.73 Å². The molecule has 1 aliphatic heterocycles. The smallest absolute Gasteiger partial charge is 0.229 e. The second kappa shape index (κ2) is 11.7. The Kier molecular flexibility index (Phi) is 11.3. The molecule has 0 radical (unpaired) electrons. The van der Waals surface area contributed by atoms with Gasteiger partial charge in [-0.3, -0.25) is 4.79 Å². The van der Waals surface area contributed by atoms with Crippen LogP contribution in [0.15, 0.2) is 30.3 Å². The normalized spacial score (nSPS) is 17.3. The van der Waals surface area contributed by atoms with Crippen LogP contribution in [0.4, 0.5) is 0 Å². The summed E-state index contributed by atoms with van der Waals surface area (Å²) in [6.45, 7) is 5.65. The number of hydrogen-bond donors (Lipinski definition) is 2. The molecule has 1 amide bonds. The number of amides is 1. The second-order valence-corrected chi connectivity index (χ2v) is 5.97. The molecule has 1 fully saturated rings. The summed E-state index contributed by atoms with van der Waals surface area (Å²) in [4.78, 5) is 14.9. The molecular formula is C17H29Cl2N3O. The lowest BCUT2D eigenvalue weighted by molar-refractivity contribution is -0.123. The number of hydrogen-bond acceptors (Lipinski definition) is 3. The van der Waals surface area contributed by atoms with Crippen LogP contribution in [0.25, 0.3) is 0 Å². The van der Waals surface area contributed by atoms with Gasteiger partial charge in [0.15, 0.2) is 0 Å². The molecule has 2 unspecified atom stereocenters. The van der Waals surface area contributed by atoms with Crippen molar-refractivity contribution in [1.29, 1.82) is 0 Å². The Morgan fingerprint density at radius 3 is 2.35 bits per heavy atom. The first-order chi connectivity index (χ1) is 10.2. The Hall–Kier alpha value is -0.810. The monoisotopic (exact) mass is 361 g/mol. The third-order valence-electron chi connectivity index (χ3n) is 4.12. The molecule has 132 valence electrons. The molecule has 23 heavy (non-hydrogen) atoms. The van der Waals surface area contributed by atoms with Crippen LogP contribution in [-0.4, -0.2) is 43.0 Å². The van der Waals surface area contributed by atoms with Crippen LogP contribution in [0.1, 0.15) is 37.7 Å². The van der Waals surface area contributed by atoms with Gasteiger partial charge in [-0.25, -0.2) is 0 Å². The predicted molar refractivity (Wildman–Crippen MR) is 101 cm³/mol. The van der Waals surface area contributed by atoms with E-state index in [0.29, 0.717) is 6.54 Å². The number of benzene rings is 1. The van der Waals surface area contributed by atoms with E-state index in [-0.39, 0.29) is 42.7 Å². The fourth-order valence-electron chi connectivity index (χ4n) is 3.00. The maximum atomic E-state index is 12.4. The first-order valence-corrected chi connectivity index (χ1v) is 7.98. The van der Waals surface area contributed by atoms with Gasteiger partial charge >= 0.3 is 0 Å². The molecule has 1 saturated heterocycles. The number of piperidine rings is 1. The molecule has 1 aromatic carbocycles. The van der Waals surface area contributed by atoms with Gasteiger partial charge in [-0.2, -0.15) is 0 Å². The Balaban J connectivity index is 0.00000242. The topological polar surface area (TPSA) is 58.4 Å². The summed E-state index contributed by atoms with van der Waals surface area (Å²) in [5, 5.41) is 3.12. The van der Waals surface area contributed by atoms with Gasteiger partial charge in [0.1, 0.15) is 0 Å². The Bertz CT molecular complexity index is 439. The van der Waals surface area contributed by atoms with Crippen LogP contribution < -0.4 is 11.1 Å². The minimum atomic E-state index is -0.255. The first-order valence-electron chi connectivity index (χ1n) is 7.98. The van der Waals surface area contributed by atoms with Gasteiger partial charge in [-0.05, 0) is 38.4 Å². The van der Waals surface area contributed by atoms with Gasteiger partial charge in [-0.15, -0.1) is 24.8 Å². The molecule has 1 aromatic rings. The maximum absolute atomic E-state index is 12.4. The second-order valence-electron chi connectivity index (χ2n) is 5.97. The Labute approximate surface area is 152 Å². The molecule has 0 aromatic heterocycles. The van der Waals surface area contributed by atoms with Gasteiger partial charge in [0.2, 0.25) is 5.91 Å². The average molecular weight is 362 g/mol. The molecule has 2 rings (SSSR count). The number of likely N-dealkylation sites (tertiary alicyclic amines) is 1. The summed E-state index contributed by atoms with van der Waals surface area (Å²) in [6.07, 6.45) is 3.88. The number of carbonyl (C=O) groups excluding carboxylic acids is 1. The number of rotatable bonds is 6. The lowest BCUT2D eigenvalue weighted by atomic mass is 9.98. The predicted octanol–water partition coefficient (Wildman–Crippen LogP) is 2.56. The van der Waals surface area contributed by atoms with Gasteiger partial charge < -0.3 is 16.0 Å². The van der Waals surface area contributed by atoms with Crippen LogP contribution >= 0.6 is 24.8 Å². The maximum Gasteiger partial charge on any atom is 0.229 e. The summed E-state index contributed by atoms with van der Waals surface area (Å²) in [5.41, 5.74) is 6.78. The largest absolute Gasteiger partial charge is 0.352 e. The van der Waals surface area contributed by atoms with E-state index in [0.717, 1.165) is 25.2 Å². The van der Waals surface area contributed by atoms with Gasteiger partial charge in [0.25, 0.3) is 0 Å². The van der Waals surface area contributed by atoms with E-state index < -0.39 is 0 Å². The summed E-state index contributed by atoms with van der Waals surface area (Å²) < 4.78 is 0. The zero-order valence-electron chi connectivity index (χ0n) is 13.7. The molecule has 3 N–H and O–H groups in total. The van der Waals surface area contributed by atoms with Crippen LogP contribution in [0.5, 0.6) is 0 Å². The van der Waals surface area contributed by atoms with Crippen LogP contribution in [0, 0.1) is 0 Å². The summed E-state index contributed by atoms with van der Waals surface area (Å²) in [5.74, 6) is -0.219. The third-order valence-corrected chi connectivity index (χ3v) is 4.12. The summed E-state index contributed by atoms with van der Waals surface area (Å²) in [6, 6.07) is 9.94. The van der Waals surface area contributed by atoms with Crippen LogP contribution in [0.2, 0.25) is 0 Å². The van der Waals surface area contributed by atoms with E-state index in [1.54, 1.807) is 0 Å². The van der Waals surface area contributed by atoms with Crippen LogP contribution in [-0.2, 0) is 4.79 Å². The molecule has 6 heteroatoms. The highest BCUT2D eigenvalue weighted by Gasteiger charge is 2.21. The first kappa shape index (κ1) is 22.2. The number of nitrogens with one attached hydrogen (secondary N) is 1. The third kappa shape index (κ3) is 7.08. The zero-order chi connectivity index (χ0) is 15.1. The lowest BCUT2D eigenvalue weighted by Crippen LogP contribution is -2.46. The van der Waals surface area contributed by atoms with Crippen molar-refractivity contribution in [3.63, 3.8) is 0 Å². The SMILES string of the molecule is CC(CN1CCCCC1)NC(=O)C(CN)c1ccccc1.Cl.Cl. The summed E-state index contributed by atoms with van der Waals surface area (Å²) >= 11 is 0. The van der Waals surface area contributed by atoms with Crippen LogP contribution in [0.3, 0.4) is 0 Å². The minimum absolute atomic E-state index is 0. The molecule has 0 spiro atoms. The number of nitrogens with zero attached hydrogens (tertiary/aromatic N) is 1. The number of carbonyl (C=O) groups is 1. The molecule has 4 nitrogen and oxygen atoms in total. The van der Waals surface area contributed by atoms with Crippen molar-refractivity contribution in [3.8, 4) is 0 Å². The van der Waals surface area contributed by atoms with Gasteiger partial charge in [-0.1, -0.05) is 36.8 Å². The van der Waals surface area contributed by atoms with Crippen molar-refractivity contribution in [1.82, 2.24) is 10.2 Å². The average Bonchev–Trinajstić information content (AvgIpc) is 2.50. The number of nitrogens with two attached hydrogens (primary N) is 1. The fraction of sp³-hybridized carbons (Fsp3) is 0.588. The fourth-order valence-corrected chi connectivity index (χ4v) is 3.00. The van der Waals surface area contributed by atoms with Crippen molar-refractivity contribution < 1.29 is 4.79 Å². The van der Waals surface area contributed by atoms with E-state index in [1.807, 2.05) is 30.3 Å². The highest BCUT2D eigenvalue weighted by atomic mass is 35.5. The highest BCUT2D eigenvalue weighted by molar-refractivity contribution is 5.85. The van der Waals surface area contributed by atoms with Crippen molar-refractivity contribution in [2.45, 2.75) is 38.1 Å². The van der Waals surface area contributed by atoms with Crippen molar-refractivity contribution in [3.05, 3.63) is 35.9 Å². The van der Waals surface area contributed by atoms with E-state index in [2.05, 4.69) is 17.1 Å². The summed E-state index contributed by atoms with van der Waals surface area (Å²) in [7, 11) is 0. The van der Waals surface area contributed by atoms with Gasteiger partial charge in [0.05, 0.1) is 5.92 Å². The van der Waals surface area contributed by atoms with Gasteiger partial charge in [0, 0.05) is 19.1 Å². The number of halogens is 2. The van der Waals surface area contributed by atoms with E-state index in [4.69, 9.17) is 5.73 Å². The van der Waals surface area contributed by atoms with E-state index in [1.165, 1.54) is 19.3 Å². The molecule has 1 heterocycles. The van der Waals surface area contributed by atoms with E-state index >= 15 is 0 Å².